The Balaban J connectivity index is 1.27. The predicted octanol–water partition coefficient (Wildman–Crippen LogP) is 4.88. The van der Waals surface area contributed by atoms with Gasteiger partial charge in [0.25, 0.3) is 0 Å². The van der Waals surface area contributed by atoms with E-state index < -0.39 is 21.9 Å². The first-order chi connectivity index (χ1) is 23.4. The molecular weight excluding hydrogens is 661 g/mol. The molecule has 0 aliphatic carbocycles. The molecule has 16 heteroatoms. The summed E-state index contributed by atoms with van der Waals surface area (Å²) in [5.41, 5.74) is 4.30. The van der Waals surface area contributed by atoms with Crippen molar-refractivity contribution in [1.82, 2.24) is 24.5 Å². The summed E-state index contributed by atoms with van der Waals surface area (Å²) in [6.45, 7) is 3.29. The van der Waals surface area contributed by atoms with Crippen molar-refractivity contribution in [3.8, 4) is 28.3 Å². The van der Waals surface area contributed by atoms with Crippen LogP contribution >= 0.6 is 0 Å². The lowest BCUT2D eigenvalue weighted by atomic mass is 10.0. The van der Waals surface area contributed by atoms with Gasteiger partial charge in [-0.25, -0.2) is 22.9 Å². The number of aromatic nitrogens is 4. The maximum absolute atomic E-state index is 12.9. The van der Waals surface area contributed by atoms with Crippen LogP contribution in [0.15, 0.2) is 79.1 Å². The molecule has 2 aromatic carbocycles. The van der Waals surface area contributed by atoms with Gasteiger partial charge in [-0.1, -0.05) is 18.2 Å². The Morgan fingerprint density at radius 2 is 1.78 bits per heavy atom. The third kappa shape index (κ3) is 7.92. The molecule has 49 heavy (non-hydrogen) atoms. The first-order valence-corrected chi connectivity index (χ1v) is 17.3. The number of amides is 1. The smallest absolute Gasteiger partial charge is 0.471 e. The molecule has 2 N–H and O–H groups in total. The van der Waals surface area contributed by atoms with Crippen molar-refractivity contribution in [3.63, 3.8) is 0 Å². The van der Waals surface area contributed by atoms with E-state index in [0.717, 1.165) is 5.69 Å². The largest absolute Gasteiger partial charge is 0.495 e. The molecule has 3 aromatic heterocycles. The summed E-state index contributed by atoms with van der Waals surface area (Å²) in [5, 5.41) is 9.87. The second kappa shape index (κ2) is 13.7. The Hall–Kier alpha value is -5.22. The van der Waals surface area contributed by atoms with E-state index in [1.807, 2.05) is 35.6 Å². The van der Waals surface area contributed by atoms with Crippen LogP contribution < -0.4 is 20.3 Å². The van der Waals surface area contributed by atoms with Crippen LogP contribution in [0, 0.1) is 0 Å². The summed E-state index contributed by atoms with van der Waals surface area (Å²) in [6.07, 6.45) is -0.436. The lowest BCUT2D eigenvalue weighted by molar-refractivity contribution is -0.167. The van der Waals surface area contributed by atoms with Crippen molar-refractivity contribution < 1.29 is 31.1 Å². The van der Waals surface area contributed by atoms with E-state index in [4.69, 9.17) is 14.8 Å². The van der Waals surface area contributed by atoms with Gasteiger partial charge in [-0.2, -0.15) is 18.3 Å². The molecule has 0 atom stereocenters. The molecule has 0 radical (unpaired) electrons. The standard InChI is InChI=1S/C33H33F3N8O4S/c1-48-28-10-9-24(21-27(28)43-16-14-42(15-17-43)18-19-49(2,46)47)39-32-37-12-11-25(40-32)29-26-8-3-4-13-44(26)41-30(29)22-6-5-7-23(20-22)38-31(45)33(34,35)36/h3-13,20-21H,14-19H2,1-2H3,(H,38,45)(H,37,39,40). The van der Waals surface area contributed by atoms with Gasteiger partial charge >= 0.3 is 12.1 Å². The van der Waals surface area contributed by atoms with Crippen LogP contribution in [0.4, 0.5) is 36.2 Å². The molecular formula is C33H33F3N8O4S. The number of fused-ring (bicyclic) bond motifs is 1. The third-order valence-corrected chi connectivity index (χ3v) is 8.95. The molecule has 256 valence electrons. The highest BCUT2D eigenvalue weighted by molar-refractivity contribution is 7.90. The van der Waals surface area contributed by atoms with Gasteiger partial charge in [-0.05, 0) is 48.5 Å². The summed E-state index contributed by atoms with van der Waals surface area (Å²) in [7, 11) is -1.43. The fraction of sp³-hybridized carbons (Fsp3) is 0.273. The van der Waals surface area contributed by atoms with Gasteiger partial charge in [0.05, 0.1) is 35.3 Å². The fourth-order valence-electron chi connectivity index (χ4n) is 5.61. The monoisotopic (exact) mass is 694 g/mol. The van der Waals surface area contributed by atoms with Gasteiger partial charge in [0, 0.05) is 68.3 Å². The van der Waals surface area contributed by atoms with Gasteiger partial charge in [0.15, 0.2) is 0 Å². The van der Waals surface area contributed by atoms with E-state index in [1.165, 1.54) is 18.4 Å². The number of benzene rings is 2. The number of carbonyl (C=O) groups excluding carboxylic acids is 1. The van der Waals surface area contributed by atoms with Gasteiger partial charge in [0.2, 0.25) is 5.95 Å². The molecule has 1 saturated heterocycles. The molecule has 1 aliphatic heterocycles. The quantitative estimate of drug-likeness (QED) is 0.209. The molecule has 4 heterocycles. The Kier molecular flexibility index (Phi) is 9.43. The first-order valence-electron chi connectivity index (χ1n) is 15.3. The van der Waals surface area contributed by atoms with Gasteiger partial charge < -0.3 is 20.3 Å². The number of alkyl halides is 3. The molecule has 0 unspecified atom stereocenters. The number of sulfone groups is 1. The summed E-state index contributed by atoms with van der Waals surface area (Å²) >= 11 is 0. The number of nitrogens with zero attached hydrogens (tertiary/aromatic N) is 6. The molecule has 0 bridgehead atoms. The third-order valence-electron chi connectivity index (χ3n) is 8.03. The normalized spacial score (nSPS) is 14.2. The van der Waals surface area contributed by atoms with Crippen LogP contribution in [0.25, 0.3) is 28.0 Å². The van der Waals surface area contributed by atoms with Crippen molar-refractivity contribution >= 4 is 44.3 Å². The molecule has 1 fully saturated rings. The molecule has 0 spiro atoms. The van der Waals surface area contributed by atoms with Crippen LogP contribution in [-0.2, 0) is 14.6 Å². The van der Waals surface area contributed by atoms with Gasteiger partial charge in [-0.15, -0.1) is 0 Å². The number of pyridine rings is 1. The first kappa shape index (κ1) is 33.7. The fourth-order valence-corrected chi connectivity index (χ4v) is 6.20. The number of nitrogens with one attached hydrogen (secondary N) is 2. The van der Waals surface area contributed by atoms with Crippen molar-refractivity contribution in [2.24, 2.45) is 0 Å². The van der Waals surface area contributed by atoms with Crippen LogP contribution in [0.3, 0.4) is 0 Å². The second-order valence-corrected chi connectivity index (χ2v) is 13.8. The van der Waals surface area contributed by atoms with Gasteiger partial charge in [-0.3, -0.25) is 9.69 Å². The maximum atomic E-state index is 12.9. The van der Waals surface area contributed by atoms with Crippen LogP contribution in [-0.4, -0.2) is 96.8 Å². The zero-order valence-corrected chi connectivity index (χ0v) is 27.4. The zero-order valence-electron chi connectivity index (χ0n) is 26.6. The highest BCUT2D eigenvalue weighted by atomic mass is 32.2. The highest BCUT2D eigenvalue weighted by Crippen LogP contribution is 2.37. The van der Waals surface area contributed by atoms with Crippen molar-refractivity contribution in [3.05, 3.63) is 79.1 Å². The van der Waals surface area contributed by atoms with Crippen molar-refractivity contribution in [2.45, 2.75) is 6.18 Å². The molecule has 6 rings (SSSR count). The van der Waals surface area contributed by atoms with Crippen molar-refractivity contribution in [1.29, 1.82) is 0 Å². The average molecular weight is 695 g/mol. The van der Waals surface area contributed by atoms with E-state index in [9.17, 15) is 26.4 Å². The number of carbonyl (C=O) groups is 1. The Morgan fingerprint density at radius 1 is 0.980 bits per heavy atom. The molecule has 1 amide bonds. The topological polar surface area (TPSA) is 134 Å². The van der Waals surface area contributed by atoms with E-state index in [1.54, 1.807) is 48.3 Å². The molecule has 0 saturated carbocycles. The number of ether oxygens (including phenoxy) is 1. The number of rotatable bonds is 10. The molecule has 1 aliphatic rings. The number of piperazine rings is 1. The molecule has 5 aromatic rings. The zero-order chi connectivity index (χ0) is 34.8. The van der Waals surface area contributed by atoms with E-state index >= 15 is 0 Å². The molecule has 12 nitrogen and oxygen atoms in total. The number of anilines is 4. The highest BCUT2D eigenvalue weighted by Gasteiger charge is 2.38. The number of hydrogen-bond donors (Lipinski definition) is 2. The minimum atomic E-state index is -5.03. The summed E-state index contributed by atoms with van der Waals surface area (Å²) in [6, 6.07) is 18.9. The SMILES string of the molecule is COc1ccc(Nc2nccc(-c3c(-c4cccc(NC(=O)C(F)(F)F)c4)nn4ccccc34)n2)cc1N1CCN(CCS(C)(=O)=O)CC1. The average Bonchev–Trinajstić information content (AvgIpc) is 3.47. The lowest BCUT2D eigenvalue weighted by Gasteiger charge is -2.36. The minimum Gasteiger partial charge on any atom is -0.495 e. The summed E-state index contributed by atoms with van der Waals surface area (Å²) in [4.78, 5) is 25.1. The maximum Gasteiger partial charge on any atom is 0.471 e. The second-order valence-electron chi connectivity index (χ2n) is 11.5. The summed E-state index contributed by atoms with van der Waals surface area (Å²) in [5.74, 6) is -0.959. The van der Waals surface area contributed by atoms with E-state index in [2.05, 4.69) is 20.1 Å². The van der Waals surface area contributed by atoms with Crippen LogP contribution in [0.1, 0.15) is 0 Å². The van der Waals surface area contributed by atoms with Crippen LogP contribution in [0.5, 0.6) is 5.75 Å². The Bertz CT molecular complexity index is 2100. The number of hydrogen-bond acceptors (Lipinski definition) is 10. The minimum absolute atomic E-state index is 0.0292. The van der Waals surface area contributed by atoms with E-state index in [-0.39, 0.29) is 11.4 Å². The number of methoxy groups -OCH3 is 1. The van der Waals surface area contributed by atoms with Gasteiger partial charge in [0.1, 0.15) is 21.3 Å². The lowest BCUT2D eigenvalue weighted by Crippen LogP contribution is -2.47. The summed E-state index contributed by atoms with van der Waals surface area (Å²) < 4.78 is 69.3. The van der Waals surface area contributed by atoms with Crippen molar-refractivity contribution in [2.75, 3.05) is 67.4 Å². The Morgan fingerprint density at radius 3 is 2.51 bits per heavy atom. The van der Waals surface area contributed by atoms with E-state index in [0.29, 0.717) is 78.1 Å². The Labute approximate surface area is 280 Å². The predicted molar refractivity (Wildman–Crippen MR) is 181 cm³/mol. The van der Waals surface area contributed by atoms with Crippen LogP contribution in [0.2, 0.25) is 0 Å². The number of halogens is 3.